The molecule has 10 unspecified atom stereocenters. The molecule has 4 nitrogen and oxygen atoms in total. The zero-order valence-corrected chi connectivity index (χ0v) is 24.9. The highest BCUT2D eigenvalue weighted by atomic mass is 15.1. The molecule has 0 saturated heterocycles. The van der Waals surface area contributed by atoms with Crippen LogP contribution in [0.2, 0.25) is 0 Å². The smallest absolute Gasteiger partial charge is 0.0456 e. The molecule has 6 N–H and O–H groups in total. The van der Waals surface area contributed by atoms with Gasteiger partial charge in [0.1, 0.15) is 0 Å². The molecule has 0 aromatic heterocycles. The van der Waals surface area contributed by atoms with Crippen LogP contribution in [0.5, 0.6) is 0 Å². The first kappa shape index (κ1) is 28.8. The van der Waals surface area contributed by atoms with Gasteiger partial charge in [0.15, 0.2) is 0 Å². The van der Waals surface area contributed by atoms with Crippen LogP contribution in [0.15, 0.2) is 0 Å². The van der Waals surface area contributed by atoms with Gasteiger partial charge in [0.25, 0.3) is 0 Å². The number of hydrogen-bond donors (Lipinski definition) is 4. The maximum Gasteiger partial charge on any atom is 0.0456 e. The molecule has 36 heavy (non-hydrogen) atoms. The van der Waals surface area contributed by atoms with Crippen molar-refractivity contribution in [2.24, 2.45) is 63.7 Å². The topological polar surface area (TPSA) is 76.1 Å². The first-order valence-corrected chi connectivity index (χ1v) is 16.0. The average Bonchev–Trinajstić information content (AvgIpc) is 3.16. The van der Waals surface area contributed by atoms with Gasteiger partial charge in [0.05, 0.1) is 0 Å². The molecule has 210 valence electrons. The molecular formula is C32H62N4. The first-order chi connectivity index (χ1) is 17.1. The monoisotopic (exact) mass is 502 g/mol. The minimum absolute atomic E-state index is 0.0172. The van der Waals surface area contributed by atoms with E-state index in [2.05, 4.69) is 52.2 Å². The number of nitrogens with two attached hydrogens (primary N) is 2. The standard InChI is InChI=1S/C32H62N4/c1-22(2)9-7-10-23(3)26-11-12-27-29-24(4)19-32(34)20-25(36-21-35-18-8-17-33)13-16-31(32,6)28(29)14-15-30(26,27)5/h22-29,35-36H,7-21,33-34H2,1-6H3. The van der Waals surface area contributed by atoms with E-state index in [0.29, 0.717) is 16.9 Å². The summed E-state index contributed by atoms with van der Waals surface area (Å²) in [5.74, 6) is 6.06. The molecule has 0 aromatic carbocycles. The molecule has 0 aliphatic heterocycles. The Morgan fingerprint density at radius 1 is 0.917 bits per heavy atom. The third-order valence-corrected chi connectivity index (χ3v) is 12.5. The lowest BCUT2D eigenvalue weighted by molar-refractivity contribution is -0.150. The minimum Gasteiger partial charge on any atom is -0.330 e. The van der Waals surface area contributed by atoms with Crippen LogP contribution in [0, 0.1) is 52.3 Å². The first-order valence-electron chi connectivity index (χ1n) is 16.0. The predicted octanol–water partition coefficient (Wildman–Crippen LogP) is 6.29. The normalized spacial score (nSPS) is 45.2. The molecule has 0 heterocycles. The fraction of sp³-hybridized carbons (Fsp3) is 1.00. The van der Waals surface area contributed by atoms with Crippen LogP contribution in [0.1, 0.15) is 119 Å². The van der Waals surface area contributed by atoms with Crippen molar-refractivity contribution in [3.8, 4) is 0 Å². The van der Waals surface area contributed by atoms with Gasteiger partial charge in [-0.05, 0) is 123 Å². The van der Waals surface area contributed by atoms with E-state index in [1.807, 2.05) is 0 Å². The van der Waals surface area contributed by atoms with E-state index < -0.39 is 0 Å². The van der Waals surface area contributed by atoms with Crippen LogP contribution in [0.3, 0.4) is 0 Å². The molecule has 4 rings (SSSR count). The second-order valence-corrected chi connectivity index (χ2v) is 15.0. The maximum atomic E-state index is 7.49. The highest BCUT2D eigenvalue weighted by molar-refractivity contribution is 5.18. The van der Waals surface area contributed by atoms with E-state index in [1.54, 1.807) is 0 Å². The Hall–Kier alpha value is -0.160. The van der Waals surface area contributed by atoms with E-state index in [0.717, 1.165) is 74.0 Å². The Labute approximate surface area is 224 Å². The molecule has 4 aliphatic rings. The van der Waals surface area contributed by atoms with Crippen molar-refractivity contribution < 1.29 is 0 Å². The molecule has 0 spiro atoms. The quantitative estimate of drug-likeness (QED) is 0.198. The van der Waals surface area contributed by atoms with Gasteiger partial charge >= 0.3 is 0 Å². The molecule has 4 heteroatoms. The average molecular weight is 503 g/mol. The van der Waals surface area contributed by atoms with Gasteiger partial charge in [0.2, 0.25) is 0 Å². The number of fused-ring (bicyclic) bond motifs is 5. The van der Waals surface area contributed by atoms with E-state index in [9.17, 15) is 0 Å². The van der Waals surface area contributed by atoms with E-state index in [-0.39, 0.29) is 5.54 Å². The fourth-order valence-electron chi connectivity index (χ4n) is 10.5. The Balaban J connectivity index is 1.43. The van der Waals surface area contributed by atoms with Gasteiger partial charge in [-0.3, -0.25) is 0 Å². The summed E-state index contributed by atoms with van der Waals surface area (Å²) in [7, 11) is 0. The second kappa shape index (κ2) is 11.5. The second-order valence-electron chi connectivity index (χ2n) is 15.0. The Morgan fingerprint density at radius 2 is 1.69 bits per heavy atom. The van der Waals surface area contributed by atoms with Gasteiger partial charge in [-0.1, -0.05) is 60.8 Å². The van der Waals surface area contributed by atoms with Gasteiger partial charge in [-0.15, -0.1) is 0 Å². The highest BCUT2D eigenvalue weighted by Crippen LogP contribution is 2.69. The zero-order chi connectivity index (χ0) is 26.1. The van der Waals surface area contributed by atoms with E-state index in [4.69, 9.17) is 11.5 Å². The molecule has 4 fully saturated rings. The zero-order valence-electron chi connectivity index (χ0n) is 24.9. The summed E-state index contributed by atoms with van der Waals surface area (Å²) < 4.78 is 0. The lowest BCUT2D eigenvalue weighted by Gasteiger charge is -2.67. The highest BCUT2D eigenvalue weighted by Gasteiger charge is 2.65. The third-order valence-electron chi connectivity index (χ3n) is 12.5. The van der Waals surface area contributed by atoms with Crippen molar-refractivity contribution in [1.82, 2.24) is 10.6 Å². The van der Waals surface area contributed by atoms with Crippen molar-refractivity contribution in [3.05, 3.63) is 0 Å². The molecule has 4 saturated carbocycles. The Morgan fingerprint density at radius 3 is 2.42 bits per heavy atom. The van der Waals surface area contributed by atoms with Crippen LogP contribution in [0.4, 0.5) is 0 Å². The van der Waals surface area contributed by atoms with Crippen molar-refractivity contribution in [2.75, 3.05) is 19.8 Å². The third kappa shape index (κ3) is 5.32. The number of hydrogen-bond acceptors (Lipinski definition) is 4. The molecule has 0 amide bonds. The molecule has 0 bridgehead atoms. The van der Waals surface area contributed by atoms with Crippen molar-refractivity contribution in [2.45, 2.75) is 130 Å². The van der Waals surface area contributed by atoms with Crippen LogP contribution < -0.4 is 22.1 Å². The Bertz CT molecular complexity index is 710. The summed E-state index contributed by atoms with van der Waals surface area (Å²) >= 11 is 0. The van der Waals surface area contributed by atoms with Crippen molar-refractivity contribution >= 4 is 0 Å². The molecule has 4 aliphatic carbocycles. The SMILES string of the molecule is CC(C)CCCC(C)C1CCC2C3C(C)CC4(N)CC(NCNCCCN)CCC4(C)C3CCC12C. The summed E-state index contributed by atoms with van der Waals surface area (Å²) in [5, 5.41) is 7.31. The molecule has 10 atom stereocenters. The molecule has 0 aromatic rings. The van der Waals surface area contributed by atoms with Gasteiger partial charge in [-0.25, -0.2) is 0 Å². The Kier molecular flexibility index (Phi) is 9.23. The van der Waals surface area contributed by atoms with Gasteiger partial charge < -0.3 is 22.1 Å². The van der Waals surface area contributed by atoms with Crippen LogP contribution in [-0.2, 0) is 0 Å². The number of rotatable bonds is 11. The van der Waals surface area contributed by atoms with Gasteiger partial charge in [0, 0.05) is 18.2 Å². The maximum absolute atomic E-state index is 7.49. The molecule has 0 radical (unpaired) electrons. The van der Waals surface area contributed by atoms with E-state index in [1.165, 1.54) is 64.2 Å². The predicted molar refractivity (Wildman–Crippen MR) is 155 cm³/mol. The summed E-state index contributed by atoms with van der Waals surface area (Å²) in [5.41, 5.74) is 14.0. The summed E-state index contributed by atoms with van der Waals surface area (Å²) in [6.45, 7) is 17.9. The minimum atomic E-state index is -0.0172. The lowest BCUT2D eigenvalue weighted by Crippen LogP contribution is -2.69. The lowest BCUT2D eigenvalue weighted by atomic mass is 9.40. The van der Waals surface area contributed by atoms with Crippen LogP contribution in [0.25, 0.3) is 0 Å². The van der Waals surface area contributed by atoms with Crippen molar-refractivity contribution in [3.63, 3.8) is 0 Å². The molecular weight excluding hydrogens is 440 g/mol. The van der Waals surface area contributed by atoms with Gasteiger partial charge in [-0.2, -0.15) is 0 Å². The fourth-order valence-corrected chi connectivity index (χ4v) is 10.5. The van der Waals surface area contributed by atoms with E-state index >= 15 is 0 Å². The summed E-state index contributed by atoms with van der Waals surface area (Å²) in [4.78, 5) is 0. The summed E-state index contributed by atoms with van der Waals surface area (Å²) in [6, 6.07) is 0.550. The van der Waals surface area contributed by atoms with Crippen LogP contribution >= 0.6 is 0 Å². The number of nitrogens with one attached hydrogen (secondary N) is 2. The van der Waals surface area contributed by atoms with Crippen LogP contribution in [-0.4, -0.2) is 31.3 Å². The summed E-state index contributed by atoms with van der Waals surface area (Å²) in [6.07, 6.45) is 16.1. The largest absolute Gasteiger partial charge is 0.330 e. The van der Waals surface area contributed by atoms with Crippen molar-refractivity contribution in [1.29, 1.82) is 0 Å².